The van der Waals surface area contributed by atoms with E-state index in [0.717, 1.165) is 15.8 Å². The largest absolute Gasteiger partial charge is 0.447 e. The van der Waals surface area contributed by atoms with Crippen LogP contribution in [0.3, 0.4) is 0 Å². The van der Waals surface area contributed by atoms with E-state index >= 15 is 0 Å². The lowest BCUT2D eigenvalue weighted by molar-refractivity contribution is 0.0375. The third kappa shape index (κ3) is 2.82. The van der Waals surface area contributed by atoms with Gasteiger partial charge in [-0.1, -0.05) is 30.3 Å². The van der Waals surface area contributed by atoms with Crippen molar-refractivity contribution in [3.05, 3.63) is 65.2 Å². The van der Waals surface area contributed by atoms with Crippen LogP contribution in [0.25, 0.3) is 10.2 Å². The molecule has 1 atom stereocenters. The number of rotatable bonds is 3. The predicted molar refractivity (Wildman–Crippen MR) is 106 cm³/mol. The Morgan fingerprint density at radius 1 is 1.18 bits per heavy atom. The topological polar surface area (TPSA) is 62.7 Å². The minimum atomic E-state index is -0.513. The standard InChI is InChI=1S/C21H19N3O3S/c25-19(16-6-7-17-18(10-16)28-14-22-17)23-8-9-24-20(26)27-13-21(24,12-23)11-15-4-2-1-3-5-15/h1-7,10,14H,8-9,11-13H2. The highest BCUT2D eigenvalue weighted by molar-refractivity contribution is 7.16. The lowest BCUT2D eigenvalue weighted by atomic mass is 9.88. The average Bonchev–Trinajstić information content (AvgIpc) is 3.32. The van der Waals surface area contributed by atoms with E-state index in [9.17, 15) is 9.59 Å². The van der Waals surface area contributed by atoms with Crippen molar-refractivity contribution in [1.29, 1.82) is 0 Å². The van der Waals surface area contributed by atoms with Crippen LogP contribution in [-0.4, -0.2) is 58.6 Å². The monoisotopic (exact) mass is 393 g/mol. The van der Waals surface area contributed by atoms with E-state index in [1.54, 1.807) is 10.4 Å². The van der Waals surface area contributed by atoms with Gasteiger partial charge in [-0.3, -0.25) is 9.69 Å². The Morgan fingerprint density at radius 3 is 2.89 bits per heavy atom. The summed E-state index contributed by atoms with van der Waals surface area (Å²) < 4.78 is 6.40. The second-order valence-corrected chi connectivity index (χ2v) is 8.24. The van der Waals surface area contributed by atoms with Crippen molar-refractivity contribution in [2.45, 2.75) is 12.0 Å². The SMILES string of the molecule is O=C(c1ccc2ncsc2c1)N1CCN2C(=O)OCC2(Cc2ccccc2)C1. The summed E-state index contributed by atoms with van der Waals surface area (Å²) >= 11 is 1.53. The van der Waals surface area contributed by atoms with E-state index in [1.807, 2.05) is 53.4 Å². The van der Waals surface area contributed by atoms with Gasteiger partial charge in [0.25, 0.3) is 5.91 Å². The molecule has 3 aromatic rings. The molecule has 0 N–H and O–H groups in total. The number of fused-ring (bicyclic) bond motifs is 2. The second kappa shape index (κ2) is 6.60. The highest BCUT2D eigenvalue weighted by Crippen LogP contribution is 2.33. The van der Waals surface area contributed by atoms with Crippen LogP contribution in [0, 0.1) is 0 Å². The Morgan fingerprint density at radius 2 is 2.04 bits per heavy atom. The van der Waals surface area contributed by atoms with Crippen LogP contribution in [0.15, 0.2) is 54.0 Å². The fourth-order valence-corrected chi connectivity index (χ4v) is 4.90. The number of ether oxygens (including phenoxy) is 1. The van der Waals surface area contributed by atoms with E-state index in [0.29, 0.717) is 38.2 Å². The Bertz CT molecular complexity index is 1050. The van der Waals surface area contributed by atoms with Gasteiger partial charge in [-0.2, -0.15) is 0 Å². The van der Waals surface area contributed by atoms with Crippen LogP contribution in [0.2, 0.25) is 0 Å². The van der Waals surface area contributed by atoms with E-state index in [2.05, 4.69) is 4.98 Å². The van der Waals surface area contributed by atoms with Gasteiger partial charge in [-0.05, 0) is 23.8 Å². The number of hydrogen-bond donors (Lipinski definition) is 0. The maximum Gasteiger partial charge on any atom is 0.410 e. The molecule has 6 nitrogen and oxygen atoms in total. The highest BCUT2D eigenvalue weighted by atomic mass is 32.1. The Hall–Kier alpha value is -2.93. The highest BCUT2D eigenvalue weighted by Gasteiger charge is 2.51. The molecule has 2 aliphatic heterocycles. The van der Waals surface area contributed by atoms with Crippen molar-refractivity contribution < 1.29 is 14.3 Å². The van der Waals surface area contributed by atoms with Crippen molar-refractivity contribution in [3.63, 3.8) is 0 Å². The number of amides is 2. The molecule has 0 radical (unpaired) electrons. The number of cyclic esters (lactones) is 1. The number of carbonyl (C=O) groups excluding carboxylic acids is 2. The molecular formula is C21H19N3O3S. The van der Waals surface area contributed by atoms with Gasteiger partial charge in [-0.15, -0.1) is 11.3 Å². The Labute approximate surface area is 166 Å². The summed E-state index contributed by atoms with van der Waals surface area (Å²) in [4.78, 5) is 33.4. The molecule has 5 rings (SSSR count). The number of hydrogen-bond acceptors (Lipinski definition) is 5. The zero-order valence-corrected chi connectivity index (χ0v) is 16.0. The third-order valence-electron chi connectivity index (χ3n) is 5.58. The quantitative estimate of drug-likeness (QED) is 0.686. The zero-order valence-electron chi connectivity index (χ0n) is 15.2. The fourth-order valence-electron chi connectivity index (χ4n) is 4.18. The molecule has 0 aliphatic carbocycles. The van der Waals surface area contributed by atoms with Crippen molar-refractivity contribution in [3.8, 4) is 0 Å². The number of aromatic nitrogens is 1. The van der Waals surface area contributed by atoms with Gasteiger partial charge in [0.1, 0.15) is 12.1 Å². The summed E-state index contributed by atoms with van der Waals surface area (Å²) in [6.45, 7) is 1.76. The molecular weight excluding hydrogens is 374 g/mol. The van der Waals surface area contributed by atoms with Crippen LogP contribution in [0.1, 0.15) is 15.9 Å². The van der Waals surface area contributed by atoms with Crippen molar-refractivity contribution in [2.75, 3.05) is 26.2 Å². The van der Waals surface area contributed by atoms with Crippen LogP contribution in [0.4, 0.5) is 4.79 Å². The molecule has 7 heteroatoms. The van der Waals surface area contributed by atoms with Crippen LogP contribution < -0.4 is 0 Å². The summed E-state index contributed by atoms with van der Waals surface area (Å²) in [6, 6.07) is 15.7. The molecule has 0 saturated carbocycles. The van der Waals surface area contributed by atoms with Gasteiger partial charge in [0.2, 0.25) is 0 Å². The minimum Gasteiger partial charge on any atom is -0.447 e. The van der Waals surface area contributed by atoms with E-state index in [4.69, 9.17) is 4.74 Å². The summed E-state index contributed by atoms with van der Waals surface area (Å²) in [5.41, 5.74) is 3.97. The molecule has 3 heterocycles. The van der Waals surface area contributed by atoms with Crippen LogP contribution in [-0.2, 0) is 11.2 Å². The second-order valence-electron chi connectivity index (χ2n) is 7.35. The van der Waals surface area contributed by atoms with Crippen LogP contribution >= 0.6 is 11.3 Å². The number of carbonyl (C=O) groups is 2. The van der Waals surface area contributed by atoms with Gasteiger partial charge < -0.3 is 9.64 Å². The summed E-state index contributed by atoms with van der Waals surface area (Å²) in [5.74, 6) is -0.0123. The molecule has 0 spiro atoms. The summed E-state index contributed by atoms with van der Waals surface area (Å²) in [7, 11) is 0. The first kappa shape index (κ1) is 17.2. The van der Waals surface area contributed by atoms with E-state index in [1.165, 1.54) is 11.3 Å². The number of thiazole rings is 1. The fraction of sp³-hybridized carbons (Fsp3) is 0.286. The van der Waals surface area contributed by atoms with Gasteiger partial charge >= 0.3 is 6.09 Å². The Kier molecular flexibility index (Phi) is 4.05. The smallest absolute Gasteiger partial charge is 0.410 e. The normalized spacial score (nSPS) is 21.6. The summed E-state index contributed by atoms with van der Waals surface area (Å²) in [6.07, 6.45) is 0.381. The summed E-state index contributed by atoms with van der Waals surface area (Å²) in [5, 5.41) is 0. The predicted octanol–water partition coefficient (Wildman–Crippen LogP) is 3.19. The van der Waals surface area contributed by atoms with Crippen molar-refractivity contribution in [1.82, 2.24) is 14.8 Å². The molecule has 2 fully saturated rings. The van der Waals surface area contributed by atoms with Gasteiger partial charge in [0.05, 0.1) is 15.7 Å². The molecule has 1 aromatic heterocycles. The zero-order chi connectivity index (χ0) is 19.1. The lowest BCUT2D eigenvalue weighted by Crippen LogP contribution is -2.63. The molecule has 2 amide bonds. The van der Waals surface area contributed by atoms with Gasteiger partial charge in [0.15, 0.2) is 0 Å². The van der Waals surface area contributed by atoms with Gasteiger partial charge in [-0.25, -0.2) is 9.78 Å². The Balaban J connectivity index is 1.43. The molecule has 1 unspecified atom stereocenters. The molecule has 2 aromatic carbocycles. The van der Waals surface area contributed by atoms with Crippen LogP contribution in [0.5, 0.6) is 0 Å². The lowest BCUT2D eigenvalue weighted by Gasteiger charge is -2.44. The molecule has 0 bridgehead atoms. The molecule has 2 aliphatic rings. The maximum absolute atomic E-state index is 13.2. The molecule has 2 saturated heterocycles. The molecule has 28 heavy (non-hydrogen) atoms. The third-order valence-corrected chi connectivity index (χ3v) is 6.37. The number of nitrogens with zero attached hydrogens (tertiary/aromatic N) is 3. The first-order valence-electron chi connectivity index (χ1n) is 9.26. The number of piperazine rings is 1. The van der Waals surface area contributed by atoms with Crippen molar-refractivity contribution in [2.24, 2.45) is 0 Å². The molecule has 142 valence electrons. The average molecular weight is 393 g/mol. The van der Waals surface area contributed by atoms with Crippen molar-refractivity contribution >= 4 is 33.6 Å². The first-order chi connectivity index (χ1) is 13.6. The van der Waals surface area contributed by atoms with E-state index < -0.39 is 5.54 Å². The minimum absolute atomic E-state index is 0.0123. The maximum atomic E-state index is 13.2. The van der Waals surface area contributed by atoms with E-state index in [-0.39, 0.29) is 12.0 Å². The first-order valence-corrected chi connectivity index (χ1v) is 10.1. The van der Waals surface area contributed by atoms with Gasteiger partial charge in [0, 0.05) is 31.6 Å². The number of benzene rings is 2.